The lowest BCUT2D eigenvalue weighted by Crippen LogP contribution is -2.13. The molecule has 2 rings (SSSR count). The van der Waals surface area contributed by atoms with E-state index in [0.717, 1.165) is 5.69 Å². The summed E-state index contributed by atoms with van der Waals surface area (Å²) < 4.78 is 15.9. The molecule has 2 heterocycles. The maximum absolute atomic E-state index is 11.2. The third-order valence-corrected chi connectivity index (χ3v) is 3.24. The second-order valence-corrected chi connectivity index (χ2v) is 4.64. The third-order valence-electron chi connectivity index (χ3n) is 2.25. The van der Waals surface area contributed by atoms with Crippen molar-refractivity contribution in [3.63, 3.8) is 0 Å². The predicted molar refractivity (Wildman–Crippen MR) is 66.6 cm³/mol. The van der Waals surface area contributed by atoms with Crippen LogP contribution in [-0.4, -0.2) is 45.6 Å². The smallest absolute Gasteiger partial charge is 0.327 e. The van der Waals surface area contributed by atoms with Gasteiger partial charge in [0.15, 0.2) is 5.76 Å². The first-order valence-electron chi connectivity index (χ1n) is 5.62. The lowest BCUT2D eigenvalue weighted by Gasteiger charge is -2.01. The summed E-state index contributed by atoms with van der Waals surface area (Å²) in [6, 6.07) is 1.80. The van der Waals surface area contributed by atoms with Crippen LogP contribution in [0.25, 0.3) is 0 Å². The molecular formula is C10H13N5O4S. The van der Waals surface area contributed by atoms with E-state index in [4.69, 9.17) is 9.26 Å². The van der Waals surface area contributed by atoms with E-state index >= 15 is 0 Å². The number of hydrogen-bond acceptors (Lipinski definition) is 9. The molecule has 0 aliphatic rings. The first-order valence-corrected chi connectivity index (χ1v) is 6.60. The highest BCUT2D eigenvalue weighted by atomic mass is 32.2. The van der Waals surface area contributed by atoms with Gasteiger partial charge < -0.3 is 14.0 Å². The fourth-order valence-electron chi connectivity index (χ4n) is 1.36. The van der Waals surface area contributed by atoms with Gasteiger partial charge in [-0.2, -0.15) is 0 Å². The minimum Gasteiger partial charge on any atom is -0.468 e. The van der Waals surface area contributed by atoms with Gasteiger partial charge in [-0.05, 0) is 10.4 Å². The summed E-state index contributed by atoms with van der Waals surface area (Å²) >= 11 is 1.35. The normalized spacial score (nSPS) is 10.7. The summed E-state index contributed by atoms with van der Waals surface area (Å²) in [5.74, 6) is 0.759. The van der Waals surface area contributed by atoms with Gasteiger partial charge in [0.1, 0.15) is 13.2 Å². The Hall–Kier alpha value is -1.94. The van der Waals surface area contributed by atoms with E-state index in [-0.39, 0.29) is 6.54 Å². The largest absolute Gasteiger partial charge is 0.468 e. The van der Waals surface area contributed by atoms with E-state index in [9.17, 15) is 4.79 Å². The summed E-state index contributed by atoms with van der Waals surface area (Å²) in [6.45, 7) is 0.345. The fraction of sp³-hybridized carbons (Fsp3) is 0.500. The Kier molecular flexibility index (Phi) is 5.07. The molecule has 0 radical (unpaired) electrons. The number of nitrogens with zero attached hydrogens (tertiary/aromatic N) is 5. The Morgan fingerprint density at radius 2 is 2.35 bits per heavy atom. The number of carbonyl (C=O) groups excluding carboxylic acids is 1. The number of tetrazole rings is 1. The molecule has 0 fully saturated rings. The maximum atomic E-state index is 11.2. The summed E-state index contributed by atoms with van der Waals surface area (Å²) in [7, 11) is 2.89. The van der Waals surface area contributed by atoms with Gasteiger partial charge in [-0.15, -0.1) is 5.10 Å². The molecule has 0 amide bonds. The molecule has 2 aromatic heterocycles. The van der Waals surface area contributed by atoms with Crippen LogP contribution in [0.2, 0.25) is 0 Å². The zero-order valence-corrected chi connectivity index (χ0v) is 11.8. The molecule has 0 N–H and O–H groups in total. The second-order valence-electron chi connectivity index (χ2n) is 3.70. The van der Waals surface area contributed by atoms with E-state index in [1.807, 2.05) is 0 Å². The van der Waals surface area contributed by atoms with Crippen LogP contribution in [0, 0.1) is 0 Å². The second kappa shape index (κ2) is 7.01. The molecule has 108 valence electrons. The molecular weight excluding hydrogens is 286 g/mol. The van der Waals surface area contributed by atoms with Gasteiger partial charge in [0, 0.05) is 18.9 Å². The minimum absolute atomic E-state index is 0.0282. The molecule has 0 saturated carbocycles. The quantitative estimate of drug-likeness (QED) is 0.526. The van der Waals surface area contributed by atoms with Crippen molar-refractivity contribution in [2.24, 2.45) is 0 Å². The van der Waals surface area contributed by atoms with E-state index in [1.54, 1.807) is 13.2 Å². The summed E-state index contributed by atoms with van der Waals surface area (Å²) in [4.78, 5) is 11.2. The standard InChI is InChI=1S/C10H13N5O4S/c1-17-5-8-3-7(12-19-8)6-20-10-11-13-14-15(10)4-9(16)18-2/h3H,4-6H2,1-2H3. The number of rotatable bonds is 7. The average molecular weight is 299 g/mol. The van der Waals surface area contributed by atoms with Crippen LogP contribution >= 0.6 is 11.8 Å². The van der Waals surface area contributed by atoms with Gasteiger partial charge in [0.25, 0.3) is 0 Å². The van der Waals surface area contributed by atoms with Crippen molar-refractivity contribution in [2.75, 3.05) is 14.2 Å². The van der Waals surface area contributed by atoms with Gasteiger partial charge in [-0.1, -0.05) is 16.9 Å². The lowest BCUT2D eigenvalue weighted by atomic mass is 10.4. The number of esters is 1. The van der Waals surface area contributed by atoms with Crippen LogP contribution in [-0.2, 0) is 33.2 Å². The van der Waals surface area contributed by atoms with E-state index in [0.29, 0.717) is 23.3 Å². The van der Waals surface area contributed by atoms with Crippen molar-refractivity contribution >= 4 is 17.7 Å². The average Bonchev–Trinajstić information content (AvgIpc) is 3.06. The van der Waals surface area contributed by atoms with Gasteiger partial charge in [-0.3, -0.25) is 4.79 Å². The lowest BCUT2D eigenvalue weighted by molar-refractivity contribution is -0.141. The molecule has 0 aromatic carbocycles. The van der Waals surface area contributed by atoms with Crippen molar-refractivity contribution in [1.82, 2.24) is 25.4 Å². The molecule has 0 atom stereocenters. The molecule has 0 unspecified atom stereocenters. The molecule has 9 nitrogen and oxygen atoms in total. The Morgan fingerprint density at radius 1 is 1.50 bits per heavy atom. The van der Waals surface area contributed by atoms with Crippen molar-refractivity contribution in [1.29, 1.82) is 0 Å². The predicted octanol–water partition coefficient (Wildman–Crippen LogP) is 0.273. The van der Waals surface area contributed by atoms with Crippen LogP contribution < -0.4 is 0 Å². The van der Waals surface area contributed by atoms with Gasteiger partial charge in [-0.25, -0.2) is 4.68 Å². The molecule has 2 aromatic rings. The Labute approximate surface area is 118 Å². The SMILES string of the molecule is COCc1cc(CSc2nnnn2CC(=O)OC)no1. The number of hydrogen-bond donors (Lipinski definition) is 0. The molecule has 0 aliphatic carbocycles. The van der Waals surface area contributed by atoms with Crippen molar-refractivity contribution in [3.8, 4) is 0 Å². The summed E-state index contributed by atoms with van der Waals surface area (Å²) in [5, 5.41) is 15.5. The molecule has 0 bridgehead atoms. The van der Waals surface area contributed by atoms with Crippen LogP contribution in [0.15, 0.2) is 15.7 Å². The zero-order chi connectivity index (χ0) is 14.4. The summed E-state index contributed by atoms with van der Waals surface area (Å²) in [5.41, 5.74) is 0.745. The molecule has 0 saturated heterocycles. The first-order chi connectivity index (χ1) is 9.72. The number of methoxy groups -OCH3 is 2. The number of ether oxygens (including phenoxy) is 2. The number of thioether (sulfide) groups is 1. The van der Waals surface area contributed by atoms with Crippen LogP contribution in [0.3, 0.4) is 0 Å². The van der Waals surface area contributed by atoms with Crippen molar-refractivity contribution in [2.45, 2.75) is 24.1 Å². The molecule has 0 spiro atoms. The van der Waals surface area contributed by atoms with Crippen molar-refractivity contribution < 1.29 is 18.8 Å². The monoisotopic (exact) mass is 299 g/mol. The zero-order valence-electron chi connectivity index (χ0n) is 11.0. The highest BCUT2D eigenvalue weighted by Gasteiger charge is 2.12. The molecule has 20 heavy (non-hydrogen) atoms. The van der Waals surface area contributed by atoms with E-state index < -0.39 is 5.97 Å². The third kappa shape index (κ3) is 3.78. The molecule has 0 aliphatic heterocycles. The first kappa shape index (κ1) is 14.5. The summed E-state index contributed by atoms with van der Waals surface area (Å²) in [6.07, 6.45) is 0. The highest BCUT2D eigenvalue weighted by Crippen LogP contribution is 2.20. The van der Waals surface area contributed by atoms with Gasteiger partial charge in [0.2, 0.25) is 5.16 Å². The molecule has 10 heteroatoms. The van der Waals surface area contributed by atoms with Gasteiger partial charge >= 0.3 is 5.97 Å². The van der Waals surface area contributed by atoms with Gasteiger partial charge in [0.05, 0.1) is 12.8 Å². The van der Waals surface area contributed by atoms with Crippen LogP contribution in [0.4, 0.5) is 0 Å². The van der Waals surface area contributed by atoms with Crippen LogP contribution in [0.1, 0.15) is 11.5 Å². The topological polar surface area (TPSA) is 105 Å². The Bertz CT molecular complexity index is 570. The highest BCUT2D eigenvalue weighted by molar-refractivity contribution is 7.98. The Morgan fingerprint density at radius 3 is 3.10 bits per heavy atom. The van der Waals surface area contributed by atoms with Crippen molar-refractivity contribution in [3.05, 3.63) is 17.5 Å². The maximum Gasteiger partial charge on any atom is 0.327 e. The van der Waals surface area contributed by atoms with E-state index in [1.165, 1.54) is 23.6 Å². The number of aromatic nitrogens is 5. The Balaban J connectivity index is 1.93. The number of carbonyl (C=O) groups is 1. The minimum atomic E-state index is -0.414. The fourth-order valence-corrected chi connectivity index (χ4v) is 2.12. The van der Waals surface area contributed by atoms with Crippen LogP contribution in [0.5, 0.6) is 0 Å². The van der Waals surface area contributed by atoms with E-state index in [2.05, 4.69) is 25.4 Å².